The molecule has 1 aliphatic rings. The maximum atomic E-state index is 13.0. The highest BCUT2D eigenvalue weighted by molar-refractivity contribution is 5.96. The van der Waals surface area contributed by atoms with Crippen LogP contribution in [-0.2, 0) is 0 Å². The molecular formula is C24H26N2O2. The second kappa shape index (κ2) is 9.18. The van der Waals surface area contributed by atoms with Crippen molar-refractivity contribution in [2.24, 2.45) is 0 Å². The van der Waals surface area contributed by atoms with E-state index in [0.29, 0.717) is 37.3 Å². The van der Waals surface area contributed by atoms with E-state index in [1.165, 1.54) is 0 Å². The van der Waals surface area contributed by atoms with Crippen LogP contribution in [0.2, 0.25) is 0 Å². The smallest absolute Gasteiger partial charge is 0.253 e. The molecule has 1 fully saturated rings. The highest BCUT2D eigenvalue weighted by atomic mass is 16.2. The molecule has 2 aromatic carbocycles. The summed E-state index contributed by atoms with van der Waals surface area (Å²) in [6, 6.07) is 15.0. The van der Waals surface area contributed by atoms with E-state index >= 15 is 0 Å². The van der Waals surface area contributed by atoms with Crippen molar-refractivity contribution in [1.29, 1.82) is 0 Å². The van der Waals surface area contributed by atoms with Gasteiger partial charge in [0.2, 0.25) is 0 Å². The van der Waals surface area contributed by atoms with Gasteiger partial charge in [-0.1, -0.05) is 49.1 Å². The molecule has 0 aromatic heterocycles. The lowest BCUT2D eigenvalue weighted by atomic mass is 10.0. The van der Waals surface area contributed by atoms with Crippen LogP contribution in [0.4, 0.5) is 0 Å². The first-order valence-corrected chi connectivity index (χ1v) is 9.67. The third kappa shape index (κ3) is 4.39. The van der Waals surface area contributed by atoms with Crippen LogP contribution in [-0.4, -0.2) is 47.8 Å². The van der Waals surface area contributed by atoms with E-state index in [1.54, 1.807) is 6.08 Å². The molecule has 0 radical (unpaired) electrons. The Labute approximate surface area is 166 Å². The van der Waals surface area contributed by atoms with Crippen molar-refractivity contribution in [3.8, 4) is 0 Å². The van der Waals surface area contributed by atoms with Crippen LogP contribution >= 0.6 is 0 Å². The molecule has 3 rings (SSSR count). The number of hydrogen-bond acceptors (Lipinski definition) is 2. The number of allylic oxidation sites excluding steroid dienone is 1. The van der Waals surface area contributed by atoms with Gasteiger partial charge in [-0.05, 0) is 48.7 Å². The van der Waals surface area contributed by atoms with Gasteiger partial charge in [0.15, 0.2) is 0 Å². The third-order valence-electron chi connectivity index (χ3n) is 4.99. The Balaban J connectivity index is 1.71. The summed E-state index contributed by atoms with van der Waals surface area (Å²) >= 11 is 0. The molecule has 0 N–H and O–H groups in total. The van der Waals surface area contributed by atoms with Crippen LogP contribution < -0.4 is 0 Å². The quantitative estimate of drug-likeness (QED) is 0.798. The van der Waals surface area contributed by atoms with Gasteiger partial charge in [-0.25, -0.2) is 0 Å². The van der Waals surface area contributed by atoms with E-state index in [-0.39, 0.29) is 11.8 Å². The first kappa shape index (κ1) is 19.6. The molecule has 4 heteroatoms. The van der Waals surface area contributed by atoms with Gasteiger partial charge in [-0.2, -0.15) is 0 Å². The molecule has 4 nitrogen and oxygen atoms in total. The summed E-state index contributed by atoms with van der Waals surface area (Å²) in [5.74, 6) is 0.0312. The molecule has 2 amide bonds. The van der Waals surface area contributed by atoms with Gasteiger partial charge < -0.3 is 9.80 Å². The van der Waals surface area contributed by atoms with Gasteiger partial charge in [-0.15, -0.1) is 0 Å². The van der Waals surface area contributed by atoms with Gasteiger partial charge in [-0.3, -0.25) is 9.59 Å². The molecule has 1 aliphatic heterocycles. The molecule has 1 heterocycles. The van der Waals surface area contributed by atoms with Crippen LogP contribution in [0.3, 0.4) is 0 Å². The molecule has 0 spiro atoms. The van der Waals surface area contributed by atoms with E-state index in [1.807, 2.05) is 77.4 Å². The van der Waals surface area contributed by atoms with E-state index < -0.39 is 0 Å². The Morgan fingerprint density at radius 1 is 0.857 bits per heavy atom. The van der Waals surface area contributed by atoms with E-state index in [9.17, 15) is 9.59 Å². The topological polar surface area (TPSA) is 40.6 Å². The van der Waals surface area contributed by atoms with Crippen molar-refractivity contribution >= 4 is 24.0 Å². The molecule has 0 saturated carbocycles. The summed E-state index contributed by atoms with van der Waals surface area (Å²) < 4.78 is 0. The summed E-state index contributed by atoms with van der Waals surface area (Å²) in [7, 11) is 0. The Bertz CT molecular complexity index is 887. The second-order valence-electron chi connectivity index (χ2n) is 6.85. The molecule has 1 saturated heterocycles. The third-order valence-corrected chi connectivity index (χ3v) is 4.99. The first-order chi connectivity index (χ1) is 13.6. The predicted molar refractivity (Wildman–Crippen MR) is 114 cm³/mol. The fraction of sp³-hybridized carbons (Fsp3) is 0.250. The minimum atomic E-state index is 0.00383. The molecular weight excluding hydrogens is 348 g/mol. The predicted octanol–water partition coefficient (Wildman–Crippen LogP) is 4.35. The van der Waals surface area contributed by atoms with Crippen LogP contribution in [0.5, 0.6) is 0 Å². The zero-order valence-corrected chi connectivity index (χ0v) is 16.3. The Hall–Kier alpha value is -3.14. The Morgan fingerprint density at radius 2 is 1.50 bits per heavy atom. The first-order valence-electron chi connectivity index (χ1n) is 9.67. The molecule has 2 aromatic rings. The number of rotatable bonds is 4. The number of benzene rings is 2. The average Bonchev–Trinajstić information content (AvgIpc) is 3.00. The van der Waals surface area contributed by atoms with Gasteiger partial charge in [0.05, 0.1) is 0 Å². The number of nitrogens with zero attached hydrogens (tertiary/aromatic N) is 2. The molecule has 28 heavy (non-hydrogen) atoms. The van der Waals surface area contributed by atoms with Crippen LogP contribution in [0, 0.1) is 0 Å². The molecule has 144 valence electrons. The lowest BCUT2D eigenvalue weighted by molar-refractivity contribution is 0.0719. The van der Waals surface area contributed by atoms with Gasteiger partial charge >= 0.3 is 0 Å². The Morgan fingerprint density at radius 3 is 2.11 bits per heavy atom. The van der Waals surface area contributed by atoms with Crippen LogP contribution in [0.1, 0.15) is 45.2 Å². The zero-order valence-electron chi connectivity index (χ0n) is 16.3. The van der Waals surface area contributed by atoms with Crippen molar-refractivity contribution in [3.05, 3.63) is 83.4 Å². The maximum Gasteiger partial charge on any atom is 0.253 e. The van der Waals surface area contributed by atoms with E-state index in [2.05, 4.69) is 6.58 Å². The second-order valence-corrected chi connectivity index (χ2v) is 6.85. The van der Waals surface area contributed by atoms with Crippen molar-refractivity contribution < 1.29 is 9.59 Å². The van der Waals surface area contributed by atoms with Gasteiger partial charge in [0.1, 0.15) is 0 Å². The van der Waals surface area contributed by atoms with Crippen molar-refractivity contribution in [2.45, 2.75) is 13.3 Å². The summed E-state index contributed by atoms with van der Waals surface area (Å²) in [5.41, 5.74) is 3.34. The highest BCUT2D eigenvalue weighted by Crippen LogP contribution is 2.18. The molecule has 0 bridgehead atoms. The van der Waals surface area contributed by atoms with Crippen LogP contribution in [0.25, 0.3) is 12.2 Å². The van der Waals surface area contributed by atoms with Crippen LogP contribution in [0.15, 0.2) is 61.2 Å². The van der Waals surface area contributed by atoms with E-state index in [0.717, 1.165) is 17.5 Å². The van der Waals surface area contributed by atoms with Crippen molar-refractivity contribution in [3.63, 3.8) is 0 Å². The fourth-order valence-corrected chi connectivity index (χ4v) is 3.49. The monoisotopic (exact) mass is 374 g/mol. The number of carbonyl (C=O) groups is 2. The average molecular weight is 374 g/mol. The summed E-state index contributed by atoms with van der Waals surface area (Å²) in [6.07, 6.45) is 6.52. The largest absolute Gasteiger partial charge is 0.337 e. The minimum absolute atomic E-state index is 0.00383. The minimum Gasteiger partial charge on any atom is -0.337 e. The number of amides is 2. The standard InChI is InChI=1S/C24H26N2O2/c1-3-9-20-12-13-22(18-19(20)4-2)24(28)26-15-8-14-25(16-17-26)23(27)21-10-6-5-7-11-21/h3-7,9-13,18H,2,8,14-17H2,1H3/b9-3-. The molecule has 0 atom stereocenters. The maximum absolute atomic E-state index is 13.0. The Kier molecular flexibility index (Phi) is 6.43. The fourth-order valence-electron chi connectivity index (χ4n) is 3.49. The normalized spacial score (nSPS) is 14.8. The zero-order chi connectivity index (χ0) is 19.9. The molecule has 0 unspecified atom stereocenters. The van der Waals surface area contributed by atoms with Crippen molar-refractivity contribution in [1.82, 2.24) is 9.80 Å². The summed E-state index contributed by atoms with van der Waals surface area (Å²) in [5, 5.41) is 0. The summed E-state index contributed by atoms with van der Waals surface area (Å²) in [4.78, 5) is 29.4. The number of hydrogen-bond donors (Lipinski definition) is 0. The van der Waals surface area contributed by atoms with Gasteiger partial charge in [0, 0.05) is 37.3 Å². The number of carbonyl (C=O) groups excluding carboxylic acids is 2. The summed E-state index contributed by atoms with van der Waals surface area (Å²) in [6.45, 7) is 8.22. The van der Waals surface area contributed by atoms with Gasteiger partial charge in [0.25, 0.3) is 11.8 Å². The van der Waals surface area contributed by atoms with E-state index in [4.69, 9.17) is 0 Å². The van der Waals surface area contributed by atoms with Crippen molar-refractivity contribution in [2.75, 3.05) is 26.2 Å². The SMILES string of the molecule is C=Cc1cc(C(=O)N2CCCN(C(=O)c3ccccc3)CC2)ccc1/C=C\C. The lowest BCUT2D eigenvalue weighted by Crippen LogP contribution is -2.37. The lowest BCUT2D eigenvalue weighted by Gasteiger charge is -2.22. The highest BCUT2D eigenvalue weighted by Gasteiger charge is 2.23. The molecule has 0 aliphatic carbocycles.